The van der Waals surface area contributed by atoms with Gasteiger partial charge in [-0.05, 0) is 39.7 Å². The molecule has 1 aromatic heterocycles. The van der Waals surface area contributed by atoms with Crippen LogP contribution in [0.5, 0.6) is 0 Å². The molecule has 0 radical (unpaired) electrons. The molecule has 0 aliphatic heterocycles. The van der Waals surface area contributed by atoms with Gasteiger partial charge in [-0.15, -0.1) is 0 Å². The summed E-state index contributed by atoms with van der Waals surface area (Å²) in [5, 5.41) is 14.6. The summed E-state index contributed by atoms with van der Waals surface area (Å²) in [6.45, 7) is 8.98. The molecule has 1 rings (SSSR count). The van der Waals surface area contributed by atoms with Crippen molar-refractivity contribution in [2.45, 2.75) is 59.0 Å². The van der Waals surface area contributed by atoms with Gasteiger partial charge in [0.1, 0.15) is 17.1 Å². The third kappa shape index (κ3) is 3.77. The van der Waals surface area contributed by atoms with Crippen LogP contribution in [0.4, 0.5) is 4.79 Å². The molecule has 118 valence electrons. The lowest BCUT2D eigenvalue weighted by atomic mass is 9.93. The SMILES string of the molecule is CCC(CC)(NC(=O)NC(C)c1cc(C)oc1C)C(=O)O. The lowest BCUT2D eigenvalue weighted by Gasteiger charge is -2.28. The van der Waals surface area contributed by atoms with E-state index in [2.05, 4.69) is 10.6 Å². The van der Waals surface area contributed by atoms with Crippen LogP contribution in [-0.2, 0) is 4.79 Å². The van der Waals surface area contributed by atoms with Crippen molar-refractivity contribution in [2.75, 3.05) is 0 Å². The summed E-state index contributed by atoms with van der Waals surface area (Å²) in [7, 11) is 0. The van der Waals surface area contributed by atoms with Crippen molar-refractivity contribution in [3.8, 4) is 0 Å². The Bertz CT molecular complexity index is 518. The van der Waals surface area contributed by atoms with Gasteiger partial charge in [-0.3, -0.25) is 0 Å². The van der Waals surface area contributed by atoms with E-state index in [4.69, 9.17) is 4.42 Å². The Kier molecular flexibility index (Phi) is 5.41. The molecule has 0 fully saturated rings. The van der Waals surface area contributed by atoms with Crippen molar-refractivity contribution in [1.29, 1.82) is 0 Å². The van der Waals surface area contributed by atoms with E-state index in [-0.39, 0.29) is 6.04 Å². The molecule has 6 heteroatoms. The second kappa shape index (κ2) is 6.65. The number of rotatable bonds is 6. The fraction of sp³-hybridized carbons (Fsp3) is 0.600. The number of carbonyl (C=O) groups excluding carboxylic acids is 1. The first-order chi connectivity index (χ1) is 9.75. The largest absolute Gasteiger partial charge is 0.480 e. The van der Waals surface area contributed by atoms with E-state index in [1.54, 1.807) is 13.8 Å². The van der Waals surface area contributed by atoms with Crippen LogP contribution in [0, 0.1) is 13.8 Å². The summed E-state index contributed by atoms with van der Waals surface area (Å²) in [6, 6.07) is 1.11. The molecule has 0 bridgehead atoms. The molecule has 0 aliphatic rings. The normalized spacial score (nSPS) is 12.8. The van der Waals surface area contributed by atoms with Crippen molar-refractivity contribution in [3.63, 3.8) is 0 Å². The number of carbonyl (C=O) groups is 2. The Morgan fingerprint density at radius 1 is 1.33 bits per heavy atom. The molecule has 0 spiro atoms. The molecule has 1 heterocycles. The number of furan rings is 1. The molecule has 0 saturated carbocycles. The van der Waals surface area contributed by atoms with Crippen molar-refractivity contribution >= 4 is 12.0 Å². The predicted octanol–water partition coefficient (Wildman–Crippen LogP) is 2.90. The molecule has 1 aromatic rings. The first kappa shape index (κ1) is 17.1. The summed E-state index contributed by atoms with van der Waals surface area (Å²) in [6.07, 6.45) is 0.648. The smallest absolute Gasteiger partial charge is 0.329 e. The molecule has 2 amide bonds. The Morgan fingerprint density at radius 2 is 1.90 bits per heavy atom. The molecule has 6 nitrogen and oxygen atoms in total. The lowest BCUT2D eigenvalue weighted by Crippen LogP contribution is -2.56. The Morgan fingerprint density at radius 3 is 2.29 bits per heavy atom. The second-order valence-corrected chi connectivity index (χ2v) is 5.28. The van der Waals surface area contributed by atoms with Gasteiger partial charge in [0.05, 0.1) is 6.04 Å². The van der Waals surface area contributed by atoms with Crippen LogP contribution in [0.25, 0.3) is 0 Å². The topological polar surface area (TPSA) is 91.6 Å². The molecule has 1 unspecified atom stereocenters. The van der Waals surface area contributed by atoms with Crippen LogP contribution < -0.4 is 10.6 Å². The summed E-state index contributed by atoms with van der Waals surface area (Å²) in [5.41, 5.74) is -0.345. The molecule has 0 aromatic carbocycles. The molecule has 3 N–H and O–H groups in total. The number of nitrogens with one attached hydrogen (secondary N) is 2. The molecule has 0 aliphatic carbocycles. The van der Waals surface area contributed by atoms with Gasteiger partial charge >= 0.3 is 12.0 Å². The van der Waals surface area contributed by atoms with Gasteiger partial charge in [0.2, 0.25) is 0 Å². The summed E-state index contributed by atoms with van der Waals surface area (Å²) < 4.78 is 5.43. The van der Waals surface area contributed by atoms with Gasteiger partial charge in [0.15, 0.2) is 0 Å². The number of urea groups is 1. The Labute approximate surface area is 124 Å². The summed E-state index contributed by atoms with van der Waals surface area (Å²) >= 11 is 0. The monoisotopic (exact) mass is 296 g/mol. The molecule has 0 saturated heterocycles. The number of hydrogen-bond donors (Lipinski definition) is 3. The zero-order chi connectivity index (χ0) is 16.2. The molecule has 21 heavy (non-hydrogen) atoms. The van der Waals surface area contributed by atoms with Gasteiger partial charge in [-0.1, -0.05) is 13.8 Å². The zero-order valence-corrected chi connectivity index (χ0v) is 13.2. The minimum Gasteiger partial charge on any atom is -0.480 e. The van der Waals surface area contributed by atoms with Crippen LogP contribution >= 0.6 is 0 Å². The number of amides is 2. The minimum absolute atomic E-state index is 0.261. The molecular weight excluding hydrogens is 272 g/mol. The number of carboxylic acids is 1. The van der Waals surface area contributed by atoms with E-state index in [9.17, 15) is 14.7 Å². The van der Waals surface area contributed by atoms with Crippen molar-refractivity contribution in [3.05, 3.63) is 23.2 Å². The van der Waals surface area contributed by atoms with Crippen LogP contribution in [0.1, 0.15) is 56.7 Å². The van der Waals surface area contributed by atoms with Crippen LogP contribution in [-0.4, -0.2) is 22.6 Å². The maximum atomic E-state index is 12.1. The fourth-order valence-corrected chi connectivity index (χ4v) is 2.39. The number of aryl methyl sites for hydroxylation is 2. The maximum absolute atomic E-state index is 12.1. The van der Waals surface area contributed by atoms with Crippen molar-refractivity contribution in [2.24, 2.45) is 0 Å². The first-order valence-corrected chi connectivity index (χ1v) is 7.14. The van der Waals surface area contributed by atoms with Gasteiger partial charge in [-0.25, -0.2) is 9.59 Å². The summed E-state index contributed by atoms with van der Waals surface area (Å²) in [5.74, 6) is 0.500. The number of hydrogen-bond acceptors (Lipinski definition) is 3. The van der Waals surface area contributed by atoms with Crippen molar-refractivity contribution in [1.82, 2.24) is 10.6 Å². The van der Waals surface area contributed by atoms with Gasteiger partial charge in [0.25, 0.3) is 0 Å². The average Bonchev–Trinajstić information content (AvgIpc) is 2.74. The highest BCUT2D eigenvalue weighted by molar-refractivity contribution is 5.86. The highest BCUT2D eigenvalue weighted by Crippen LogP contribution is 2.21. The number of carboxylic acid groups (broad SMARTS) is 1. The Balaban J connectivity index is 2.77. The van der Waals surface area contributed by atoms with Crippen LogP contribution in [0.15, 0.2) is 10.5 Å². The van der Waals surface area contributed by atoms with Gasteiger partial charge in [-0.2, -0.15) is 0 Å². The van der Waals surface area contributed by atoms with E-state index in [1.165, 1.54) is 0 Å². The number of aliphatic carboxylic acids is 1. The average molecular weight is 296 g/mol. The van der Waals surface area contributed by atoms with Crippen LogP contribution in [0.3, 0.4) is 0 Å². The van der Waals surface area contributed by atoms with E-state index < -0.39 is 17.5 Å². The van der Waals surface area contributed by atoms with Gasteiger partial charge < -0.3 is 20.2 Å². The second-order valence-electron chi connectivity index (χ2n) is 5.28. The van der Waals surface area contributed by atoms with E-state index in [1.807, 2.05) is 26.8 Å². The standard InChI is InChI=1S/C15H24N2O4/c1-6-15(7-2,13(18)19)17-14(20)16-10(4)12-8-9(3)21-11(12)5/h8,10H,6-7H2,1-5H3,(H,18,19)(H2,16,17,20). The minimum atomic E-state index is -1.23. The zero-order valence-electron chi connectivity index (χ0n) is 13.2. The first-order valence-electron chi connectivity index (χ1n) is 7.14. The molecule has 1 atom stereocenters. The molecular formula is C15H24N2O4. The lowest BCUT2D eigenvalue weighted by molar-refractivity contribution is -0.144. The van der Waals surface area contributed by atoms with E-state index in [0.717, 1.165) is 17.1 Å². The highest BCUT2D eigenvalue weighted by Gasteiger charge is 2.36. The third-order valence-electron chi connectivity index (χ3n) is 3.86. The maximum Gasteiger partial charge on any atom is 0.329 e. The Hall–Kier alpha value is -1.98. The third-order valence-corrected chi connectivity index (χ3v) is 3.86. The van der Waals surface area contributed by atoms with Crippen LogP contribution in [0.2, 0.25) is 0 Å². The summed E-state index contributed by atoms with van der Waals surface area (Å²) in [4.78, 5) is 23.4. The highest BCUT2D eigenvalue weighted by atomic mass is 16.4. The van der Waals surface area contributed by atoms with E-state index >= 15 is 0 Å². The predicted molar refractivity (Wildman–Crippen MR) is 79.2 cm³/mol. The van der Waals surface area contributed by atoms with E-state index in [0.29, 0.717) is 12.8 Å². The fourth-order valence-electron chi connectivity index (χ4n) is 2.39. The van der Waals surface area contributed by atoms with Gasteiger partial charge in [0, 0.05) is 5.56 Å². The van der Waals surface area contributed by atoms with Crippen molar-refractivity contribution < 1.29 is 19.1 Å². The quantitative estimate of drug-likeness (QED) is 0.752.